The lowest BCUT2D eigenvalue weighted by atomic mass is 10.3. The smallest absolute Gasteiger partial charge is 0.369 e. The summed E-state index contributed by atoms with van der Waals surface area (Å²) in [6.07, 6.45) is 0. The van der Waals surface area contributed by atoms with Gasteiger partial charge in [0.05, 0.1) is 12.8 Å². The fraction of sp³-hybridized carbons (Fsp3) is 0.154. The molecular weight excluding hydrogens is 258 g/mol. The van der Waals surface area contributed by atoms with Crippen molar-refractivity contribution >= 4 is 17.0 Å². The predicted octanol–water partition coefficient (Wildman–Crippen LogP) is 1.01. The molecule has 0 atom stereocenters. The van der Waals surface area contributed by atoms with E-state index in [-0.39, 0.29) is 0 Å². The van der Waals surface area contributed by atoms with Crippen LogP contribution in [-0.4, -0.2) is 26.9 Å². The van der Waals surface area contributed by atoms with E-state index in [2.05, 4.69) is 15.1 Å². The molecule has 0 fully saturated rings. The maximum Gasteiger partial charge on any atom is 0.369 e. The van der Waals surface area contributed by atoms with Gasteiger partial charge in [-0.25, -0.2) is 4.79 Å². The Labute approximate surface area is 114 Å². The summed E-state index contributed by atoms with van der Waals surface area (Å²) in [6.45, 7) is 1.79. The number of nitrogens with two attached hydrogens (primary N) is 1. The second-order valence-electron chi connectivity index (χ2n) is 4.37. The van der Waals surface area contributed by atoms with Crippen LogP contribution in [-0.2, 0) is 0 Å². The van der Waals surface area contributed by atoms with Gasteiger partial charge in [0.15, 0.2) is 5.65 Å². The molecule has 0 spiro atoms. The van der Waals surface area contributed by atoms with Gasteiger partial charge in [0.2, 0.25) is 0 Å². The van der Waals surface area contributed by atoms with Crippen molar-refractivity contribution in [2.24, 2.45) is 0 Å². The Morgan fingerprint density at radius 1 is 1.30 bits per heavy atom. The zero-order valence-corrected chi connectivity index (χ0v) is 11.0. The third-order valence-corrected chi connectivity index (χ3v) is 3.14. The molecule has 0 saturated heterocycles. The first-order valence-corrected chi connectivity index (χ1v) is 5.99. The summed E-state index contributed by atoms with van der Waals surface area (Å²) in [5.41, 5.74) is 7.63. The number of nitrogen functional groups attached to an aromatic ring is 1. The molecule has 0 unspecified atom stereocenters. The zero-order chi connectivity index (χ0) is 14.3. The van der Waals surface area contributed by atoms with Crippen LogP contribution in [0.15, 0.2) is 29.1 Å². The second-order valence-corrected chi connectivity index (χ2v) is 4.37. The monoisotopic (exact) mass is 271 g/mol. The number of H-pyrrole nitrogens is 1. The van der Waals surface area contributed by atoms with Crippen molar-refractivity contribution in [1.82, 2.24) is 19.7 Å². The third kappa shape index (κ3) is 1.80. The van der Waals surface area contributed by atoms with Gasteiger partial charge >= 0.3 is 5.69 Å². The molecular formula is C13H13N5O2. The standard InChI is InChI=1S/C13H13N5O2/c1-7-10-12(16-11(7)14)17-18(13(19)15-10)8-3-5-9(20-2)6-4-8/h3-6H,14H2,1-2H3,(H,16,17). The molecule has 3 N–H and O–H groups in total. The van der Waals surface area contributed by atoms with Crippen molar-refractivity contribution in [3.8, 4) is 11.4 Å². The molecule has 102 valence electrons. The summed E-state index contributed by atoms with van der Waals surface area (Å²) in [5, 5.41) is 4.25. The molecule has 0 aliphatic rings. The van der Waals surface area contributed by atoms with Gasteiger partial charge in [-0.2, -0.15) is 9.67 Å². The maximum atomic E-state index is 12.1. The highest BCUT2D eigenvalue weighted by atomic mass is 16.5. The number of hydrogen-bond acceptors (Lipinski definition) is 5. The molecule has 2 aromatic heterocycles. The number of methoxy groups -OCH3 is 1. The topological polar surface area (TPSA) is 98.8 Å². The molecule has 0 amide bonds. The largest absolute Gasteiger partial charge is 0.497 e. The molecule has 20 heavy (non-hydrogen) atoms. The minimum Gasteiger partial charge on any atom is -0.497 e. The minimum atomic E-state index is -0.454. The summed E-state index contributed by atoms with van der Waals surface area (Å²) >= 11 is 0. The van der Waals surface area contributed by atoms with Gasteiger partial charge < -0.3 is 15.5 Å². The number of nitrogens with zero attached hydrogens (tertiary/aromatic N) is 3. The fourth-order valence-electron chi connectivity index (χ4n) is 1.97. The average molecular weight is 271 g/mol. The van der Waals surface area contributed by atoms with Crippen molar-refractivity contribution in [2.75, 3.05) is 12.8 Å². The van der Waals surface area contributed by atoms with E-state index in [1.807, 2.05) is 0 Å². The molecule has 7 nitrogen and oxygen atoms in total. The van der Waals surface area contributed by atoms with Gasteiger partial charge in [0.25, 0.3) is 0 Å². The highest BCUT2D eigenvalue weighted by molar-refractivity contribution is 5.80. The van der Waals surface area contributed by atoms with Crippen molar-refractivity contribution in [3.63, 3.8) is 0 Å². The number of rotatable bonds is 2. The minimum absolute atomic E-state index is 0.454. The van der Waals surface area contributed by atoms with Crippen LogP contribution in [0.1, 0.15) is 5.56 Å². The number of aromatic nitrogens is 4. The molecule has 0 bridgehead atoms. The van der Waals surface area contributed by atoms with Crippen molar-refractivity contribution in [1.29, 1.82) is 0 Å². The molecule has 0 saturated carbocycles. The van der Waals surface area contributed by atoms with Gasteiger partial charge in [0, 0.05) is 5.56 Å². The Hall–Kier alpha value is -2.83. The Balaban J connectivity index is 2.20. The van der Waals surface area contributed by atoms with E-state index in [0.29, 0.717) is 28.4 Å². The number of fused-ring (bicyclic) bond motifs is 1. The predicted molar refractivity (Wildman–Crippen MR) is 75.2 cm³/mol. The fourth-order valence-corrected chi connectivity index (χ4v) is 1.97. The molecule has 0 radical (unpaired) electrons. The SMILES string of the molecule is COc1ccc(-n2nc3[nH]c(N)c(C)c3nc2=O)cc1. The Kier molecular flexibility index (Phi) is 2.67. The lowest BCUT2D eigenvalue weighted by molar-refractivity contribution is 0.414. The van der Waals surface area contributed by atoms with Crippen LogP contribution in [0.25, 0.3) is 16.9 Å². The number of aromatic amines is 1. The van der Waals surface area contributed by atoms with Crippen molar-refractivity contribution < 1.29 is 4.74 Å². The summed E-state index contributed by atoms with van der Waals surface area (Å²) in [5.74, 6) is 1.17. The molecule has 3 aromatic rings. The number of nitrogens with one attached hydrogen (secondary N) is 1. The van der Waals surface area contributed by atoms with Crippen LogP contribution in [0, 0.1) is 6.92 Å². The lowest BCUT2D eigenvalue weighted by Crippen LogP contribution is -2.23. The Bertz CT molecular complexity index is 832. The van der Waals surface area contributed by atoms with Gasteiger partial charge in [-0.05, 0) is 31.2 Å². The van der Waals surface area contributed by atoms with E-state index in [1.165, 1.54) is 4.68 Å². The first kappa shape index (κ1) is 12.2. The van der Waals surface area contributed by atoms with E-state index < -0.39 is 5.69 Å². The van der Waals surface area contributed by atoms with Crippen LogP contribution >= 0.6 is 0 Å². The van der Waals surface area contributed by atoms with Crippen LogP contribution in [0.4, 0.5) is 5.82 Å². The van der Waals surface area contributed by atoms with E-state index in [0.717, 1.165) is 5.56 Å². The number of ether oxygens (including phenoxy) is 1. The Morgan fingerprint density at radius 2 is 2.00 bits per heavy atom. The van der Waals surface area contributed by atoms with Gasteiger partial charge in [-0.1, -0.05) is 0 Å². The lowest BCUT2D eigenvalue weighted by Gasteiger charge is -2.04. The first-order valence-electron chi connectivity index (χ1n) is 5.99. The highest BCUT2D eigenvalue weighted by Gasteiger charge is 2.11. The number of hydrogen-bond donors (Lipinski definition) is 2. The van der Waals surface area contributed by atoms with Gasteiger partial charge in [0.1, 0.15) is 17.1 Å². The van der Waals surface area contributed by atoms with Crippen LogP contribution in [0.5, 0.6) is 5.75 Å². The molecule has 0 aliphatic carbocycles. The molecule has 1 aromatic carbocycles. The van der Waals surface area contributed by atoms with Gasteiger partial charge in [-0.15, -0.1) is 5.10 Å². The molecule has 3 rings (SSSR count). The van der Waals surface area contributed by atoms with Crippen molar-refractivity contribution in [3.05, 3.63) is 40.3 Å². The number of benzene rings is 1. The third-order valence-electron chi connectivity index (χ3n) is 3.14. The van der Waals surface area contributed by atoms with E-state index >= 15 is 0 Å². The van der Waals surface area contributed by atoms with E-state index in [4.69, 9.17) is 10.5 Å². The molecule has 7 heteroatoms. The second kappa shape index (κ2) is 4.37. The number of anilines is 1. The summed E-state index contributed by atoms with van der Waals surface area (Å²) < 4.78 is 6.30. The quantitative estimate of drug-likeness (QED) is 0.724. The molecule has 2 heterocycles. The highest BCUT2D eigenvalue weighted by Crippen LogP contribution is 2.19. The summed E-state index contributed by atoms with van der Waals surface area (Å²) in [7, 11) is 1.58. The number of aryl methyl sites for hydroxylation is 1. The van der Waals surface area contributed by atoms with Crippen LogP contribution < -0.4 is 16.2 Å². The van der Waals surface area contributed by atoms with Crippen LogP contribution in [0.2, 0.25) is 0 Å². The average Bonchev–Trinajstić information content (AvgIpc) is 2.74. The van der Waals surface area contributed by atoms with Crippen molar-refractivity contribution in [2.45, 2.75) is 6.92 Å². The van der Waals surface area contributed by atoms with Gasteiger partial charge in [-0.3, -0.25) is 0 Å². The van der Waals surface area contributed by atoms with Crippen LogP contribution in [0.3, 0.4) is 0 Å². The summed E-state index contributed by atoms with van der Waals surface area (Å²) in [4.78, 5) is 19.0. The Morgan fingerprint density at radius 3 is 2.65 bits per heavy atom. The maximum absolute atomic E-state index is 12.1. The summed E-state index contributed by atoms with van der Waals surface area (Å²) in [6, 6.07) is 6.98. The molecule has 0 aliphatic heterocycles. The first-order chi connectivity index (χ1) is 9.60. The zero-order valence-electron chi connectivity index (χ0n) is 11.0. The normalized spacial score (nSPS) is 10.9. The van der Waals surface area contributed by atoms with E-state index in [9.17, 15) is 4.79 Å². The van der Waals surface area contributed by atoms with E-state index in [1.54, 1.807) is 38.3 Å².